The van der Waals surface area contributed by atoms with Crippen LogP contribution < -0.4 is 5.32 Å². The SMILES string of the molecule is O=C(CN1CCNCC1)N1CCC(O)CC1. The van der Waals surface area contributed by atoms with Crippen LogP contribution in [0, 0.1) is 0 Å². The summed E-state index contributed by atoms with van der Waals surface area (Å²) in [5, 5.41) is 12.6. The number of carbonyl (C=O) groups excluding carboxylic acids is 1. The van der Waals surface area contributed by atoms with Gasteiger partial charge in [-0.25, -0.2) is 0 Å². The van der Waals surface area contributed by atoms with Crippen molar-refractivity contribution in [1.82, 2.24) is 15.1 Å². The van der Waals surface area contributed by atoms with Gasteiger partial charge in [0.15, 0.2) is 0 Å². The molecule has 0 aromatic carbocycles. The first-order valence-corrected chi connectivity index (χ1v) is 6.14. The van der Waals surface area contributed by atoms with Crippen molar-refractivity contribution in [3.8, 4) is 0 Å². The smallest absolute Gasteiger partial charge is 0.236 e. The molecule has 0 spiro atoms. The van der Waals surface area contributed by atoms with Gasteiger partial charge >= 0.3 is 0 Å². The summed E-state index contributed by atoms with van der Waals surface area (Å²) in [7, 11) is 0. The minimum atomic E-state index is -0.205. The minimum Gasteiger partial charge on any atom is -0.393 e. The van der Waals surface area contributed by atoms with Crippen molar-refractivity contribution in [2.45, 2.75) is 18.9 Å². The van der Waals surface area contributed by atoms with Crippen molar-refractivity contribution < 1.29 is 9.90 Å². The van der Waals surface area contributed by atoms with Gasteiger partial charge in [0, 0.05) is 39.3 Å². The molecule has 0 radical (unpaired) electrons. The lowest BCUT2D eigenvalue weighted by molar-refractivity contribution is -0.134. The Hall–Kier alpha value is -0.650. The summed E-state index contributed by atoms with van der Waals surface area (Å²) in [6, 6.07) is 0. The number of carbonyl (C=O) groups is 1. The number of likely N-dealkylation sites (tertiary alicyclic amines) is 1. The normalized spacial score (nSPS) is 24.7. The van der Waals surface area contributed by atoms with Gasteiger partial charge in [0.1, 0.15) is 0 Å². The topological polar surface area (TPSA) is 55.8 Å². The van der Waals surface area contributed by atoms with Gasteiger partial charge in [0.05, 0.1) is 12.6 Å². The number of hydrogen-bond acceptors (Lipinski definition) is 4. The van der Waals surface area contributed by atoms with E-state index < -0.39 is 0 Å². The van der Waals surface area contributed by atoms with E-state index in [0.29, 0.717) is 19.6 Å². The summed E-state index contributed by atoms with van der Waals surface area (Å²) in [5.41, 5.74) is 0. The van der Waals surface area contributed by atoms with E-state index in [1.54, 1.807) is 0 Å². The molecule has 92 valence electrons. The van der Waals surface area contributed by atoms with Crippen molar-refractivity contribution in [3.63, 3.8) is 0 Å². The van der Waals surface area contributed by atoms with Crippen LogP contribution in [0.3, 0.4) is 0 Å². The van der Waals surface area contributed by atoms with E-state index in [-0.39, 0.29) is 12.0 Å². The van der Waals surface area contributed by atoms with E-state index >= 15 is 0 Å². The molecule has 5 nitrogen and oxygen atoms in total. The lowest BCUT2D eigenvalue weighted by Crippen LogP contribution is -2.50. The van der Waals surface area contributed by atoms with Crippen molar-refractivity contribution in [1.29, 1.82) is 0 Å². The molecule has 2 rings (SSSR count). The molecule has 0 bridgehead atoms. The monoisotopic (exact) mass is 227 g/mol. The fourth-order valence-corrected chi connectivity index (χ4v) is 2.28. The van der Waals surface area contributed by atoms with Gasteiger partial charge in [-0.1, -0.05) is 0 Å². The van der Waals surface area contributed by atoms with E-state index in [1.807, 2.05) is 4.90 Å². The molecule has 2 aliphatic heterocycles. The predicted molar refractivity (Wildman–Crippen MR) is 61.1 cm³/mol. The molecule has 2 saturated heterocycles. The highest BCUT2D eigenvalue weighted by Crippen LogP contribution is 2.10. The van der Waals surface area contributed by atoms with Gasteiger partial charge in [-0.15, -0.1) is 0 Å². The molecule has 0 aliphatic carbocycles. The predicted octanol–water partition coefficient (Wildman–Crippen LogP) is -1.13. The van der Waals surface area contributed by atoms with Gasteiger partial charge in [0.2, 0.25) is 5.91 Å². The van der Waals surface area contributed by atoms with Crippen LogP contribution in [0.15, 0.2) is 0 Å². The van der Waals surface area contributed by atoms with Crippen LogP contribution in [0.4, 0.5) is 0 Å². The number of piperazine rings is 1. The zero-order valence-electron chi connectivity index (χ0n) is 9.69. The second-order valence-electron chi connectivity index (χ2n) is 4.64. The largest absolute Gasteiger partial charge is 0.393 e. The molecule has 0 unspecified atom stereocenters. The molecule has 5 heteroatoms. The molecule has 0 atom stereocenters. The maximum absolute atomic E-state index is 12.0. The van der Waals surface area contributed by atoms with Gasteiger partial charge in [0.25, 0.3) is 0 Å². The van der Waals surface area contributed by atoms with Crippen LogP contribution in [0.2, 0.25) is 0 Å². The van der Waals surface area contributed by atoms with Gasteiger partial charge in [-0.05, 0) is 12.8 Å². The van der Waals surface area contributed by atoms with Crippen LogP contribution in [0.1, 0.15) is 12.8 Å². The second kappa shape index (κ2) is 5.61. The lowest BCUT2D eigenvalue weighted by Gasteiger charge is -2.33. The number of aliphatic hydroxyl groups excluding tert-OH is 1. The third kappa shape index (κ3) is 3.17. The molecule has 16 heavy (non-hydrogen) atoms. The Bertz CT molecular complexity index is 233. The molecule has 0 aromatic heterocycles. The fraction of sp³-hybridized carbons (Fsp3) is 0.909. The van der Waals surface area contributed by atoms with Crippen LogP contribution in [0.25, 0.3) is 0 Å². The Morgan fingerprint density at radius 1 is 1.19 bits per heavy atom. The van der Waals surface area contributed by atoms with Crippen LogP contribution in [0.5, 0.6) is 0 Å². The molecular formula is C11H21N3O2. The quantitative estimate of drug-likeness (QED) is 0.627. The average molecular weight is 227 g/mol. The van der Waals surface area contributed by atoms with Crippen molar-refractivity contribution in [3.05, 3.63) is 0 Å². The Labute approximate surface area is 96.4 Å². The average Bonchev–Trinajstić information content (AvgIpc) is 2.31. The van der Waals surface area contributed by atoms with Crippen LogP contribution >= 0.6 is 0 Å². The third-order valence-corrected chi connectivity index (χ3v) is 3.39. The van der Waals surface area contributed by atoms with E-state index in [2.05, 4.69) is 10.2 Å². The summed E-state index contributed by atoms with van der Waals surface area (Å²) in [6.07, 6.45) is 1.25. The number of piperidine rings is 1. The Morgan fingerprint density at radius 3 is 2.44 bits per heavy atom. The molecule has 2 fully saturated rings. The maximum Gasteiger partial charge on any atom is 0.236 e. The summed E-state index contributed by atoms with van der Waals surface area (Å²) < 4.78 is 0. The maximum atomic E-state index is 12.0. The van der Waals surface area contributed by atoms with Gasteiger partial charge < -0.3 is 15.3 Å². The molecular weight excluding hydrogens is 206 g/mol. The van der Waals surface area contributed by atoms with E-state index in [1.165, 1.54) is 0 Å². The highest BCUT2D eigenvalue weighted by molar-refractivity contribution is 5.78. The number of rotatable bonds is 2. The number of nitrogens with zero attached hydrogens (tertiary/aromatic N) is 2. The highest BCUT2D eigenvalue weighted by atomic mass is 16.3. The summed E-state index contributed by atoms with van der Waals surface area (Å²) in [5.74, 6) is 0.216. The van der Waals surface area contributed by atoms with Crippen molar-refractivity contribution in [2.24, 2.45) is 0 Å². The first-order chi connectivity index (χ1) is 7.75. The molecule has 2 heterocycles. The molecule has 0 saturated carbocycles. The molecule has 1 amide bonds. The minimum absolute atomic E-state index is 0.205. The molecule has 0 aromatic rings. The number of amides is 1. The summed E-state index contributed by atoms with van der Waals surface area (Å²) >= 11 is 0. The molecule has 2 N–H and O–H groups in total. The van der Waals surface area contributed by atoms with Crippen molar-refractivity contribution >= 4 is 5.91 Å². The first kappa shape index (κ1) is 11.8. The summed E-state index contributed by atoms with van der Waals surface area (Å²) in [4.78, 5) is 16.0. The van der Waals surface area contributed by atoms with Gasteiger partial charge in [-0.2, -0.15) is 0 Å². The Morgan fingerprint density at radius 2 is 1.81 bits per heavy atom. The first-order valence-electron chi connectivity index (χ1n) is 6.14. The van der Waals surface area contributed by atoms with E-state index in [9.17, 15) is 9.90 Å². The number of nitrogens with one attached hydrogen (secondary N) is 1. The van der Waals surface area contributed by atoms with Gasteiger partial charge in [-0.3, -0.25) is 9.69 Å². The summed E-state index contributed by atoms with van der Waals surface area (Å²) in [6.45, 7) is 5.85. The highest BCUT2D eigenvalue weighted by Gasteiger charge is 2.23. The fourth-order valence-electron chi connectivity index (χ4n) is 2.28. The second-order valence-corrected chi connectivity index (χ2v) is 4.64. The van der Waals surface area contributed by atoms with E-state index in [0.717, 1.165) is 39.0 Å². The Kier molecular flexibility index (Phi) is 4.15. The van der Waals surface area contributed by atoms with Crippen LogP contribution in [-0.2, 0) is 4.79 Å². The van der Waals surface area contributed by atoms with Crippen LogP contribution in [-0.4, -0.2) is 72.7 Å². The van der Waals surface area contributed by atoms with E-state index in [4.69, 9.17) is 0 Å². The third-order valence-electron chi connectivity index (χ3n) is 3.39. The zero-order valence-corrected chi connectivity index (χ0v) is 9.69. The molecule has 2 aliphatic rings. The lowest BCUT2D eigenvalue weighted by atomic mass is 10.1. The zero-order chi connectivity index (χ0) is 11.4. The Balaban J connectivity index is 1.74. The number of aliphatic hydroxyl groups is 1. The standard InChI is InChI=1S/C11H21N3O2/c15-10-1-5-14(6-2-10)11(16)9-13-7-3-12-4-8-13/h10,12,15H,1-9H2. The number of hydrogen-bond donors (Lipinski definition) is 2. The van der Waals surface area contributed by atoms with Crippen molar-refractivity contribution in [2.75, 3.05) is 45.8 Å².